The molecule has 0 aromatic carbocycles. The number of esters is 1. The van der Waals surface area contributed by atoms with Crippen molar-refractivity contribution in [1.29, 1.82) is 0 Å². The maximum absolute atomic E-state index is 11.8. The molecule has 1 aromatic heterocycles. The van der Waals surface area contributed by atoms with E-state index in [1.54, 1.807) is 6.92 Å². The predicted octanol–water partition coefficient (Wildman–Crippen LogP) is 2.20. The molecule has 22 heavy (non-hydrogen) atoms. The van der Waals surface area contributed by atoms with Crippen molar-refractivity contribution in [2.24, 2.45) is 0 Å². The number of hydrogen-bond donors (Lipinski definition) is 2. The maximum atomic E-state index is 11.8. The highest BCUT2D eigenvalue weighted by Crippen LogP contribution is 2.16. The van der Waals surface area contributed by atoms with Gasteiger partial charge in [-0.25, -0.2) is 4.79 Å². The number of hydrogen-bond acceptors (Lipinski definition) is 6. The summed E-state index contributed by atoms with van der Waals surface area (Å²) in [7, 11) is 0. The predicted molar refractivity (Wildman–Crippen MR) is 82.3 cm³/mol. The Balaban J connectivity index is 2.29. The molecule has 3 N–H and O–H groups in total. The number of nitrogens with zero attached hydrogens (tertiary/aromatic N) is 1. The fourth-order valence-corrected chi connectivity index (χ4v) is 2.10. The third kappa shape index (κ3) is 5.75. The van der Waals surface area contributed by atoms with Crippen LogP contribution in [-0.2, 0) is 9.53 Å². The topological polar surface area (TPSA) is 107 Å². The summed E-state index contributed by atoms with van der Waals surface area (Å²) in [6.45, 7) is 5.33. The summed E-state index contributed by atoms with van der Waals surface area (Å²) in [5.74, 6) is -1.14. The minimum Gasteiger partial charge on any atom is -0.452 e. The Kier molecular flexibility index (Phi) is 7.42. The van der Waals surface area contributed by atoms with Crippen LogP contribution in [-0.4, -0.2) is 29.7 Å². The van der Waals surface area contributed by atoms with Crippen molar-refractivity contribution in [3.05, 3.63) is 11.3 Å². The average Bonchev–Trinajstić information content (AvgIpc) is 2.80. The number of aryl methyl sites for hydroxylation is 1. The summed E-state index contributed by atoms with van der Waals surface area (Å²) in [6, 6.07) is 0.0606. The molecule has 0 bridgehead atoms. The SMILES string of the molecule is CCCCCCC(C)NC(=O)COC(=O)c1c(C)noc1N. The molecule has 0 saturated carbocycles. The van der Waals surface area contributed by atoms with Crippen molar-refractivity contribution in [1.82, 2.24) is 10.5 Å². The zero-order valence-electron chi connectivity index (χ0n) is 13.5. The molecule has 7 nitrogen and oxygen atoms in total. The first-order valence-electron chi connectivity index (χ1n) is 7.63. The minimum absolute atomic E-state index is 0.0606. The number of ether oxygens (including phenoxy) is 1. The number of carbonyl (C=O) groups excluding carboxylic acids is 2. The smallest absolute Gasteiger partial charge is 0.346 e. The van der Waals surface area contributed by atoms with Gasteiger partial charge >= 0.3 is 5.97 Å². The molecular formula is C15H25N3O4. The zero-order valence-corrected chi connectivity index (χ0v) is 13.5. The van der Waals surface area contributed by atoms with Gasteiger partial charge in [0, 0.05) is 6.04 Å². The van der Waals surface area contributed by atoms with E-state index in [4.69, 9.17) is 10.5 Å². The Morgan fingerprint density at radius 3 is 2.68 bits per heavy atom. The van der Waals surface area contributed by atoms with Crippen molar-refractivity contribution in [2.45, 2.75) is 58.9 Å². The minimum atomic E-state index is -0.706. The highest BCUT2D eigenvalue weighted by molar-refractivity contribution is 5.96. The normalized spacial score (nSPS) is 12.0. The van der Waals surface area contributed by atoms with Gasteiger partial charge in [-0.15, -0.1) is 0 Å². The molecule has 1 rings (SSSR count). The van der Waals surface area contributed by atoms with Gasteiger partial charge in [0.25, 0.3) is 5.91 Å². The van der Waals surface area contributed by atoms with Crippen molar-refractivity contribution in [3.8, 4) is 0 Å². The summed E-state index contributed by atoms with van der Waals surface area (Å²) >= 11 is 0. The van der Waals surface area contributed by atoms with Gasteiger partial charge in [-0.2, -0.15) is 0 Å². The second kappa shape index (κ2) is 9.07. The van der Waals surface area contributed by atoms with Crippen LogP contribution in [0.5, 0.6) is 0 Å². The molecule has 7 heteroatoms. The summed E-state index contributed by atoms with van der Waals surface area (Å²) in [5, 5.41) is 6.36. The molecule has 0 aliphatic heterocycles. The van der Waals surface area contributed by atoms with Crippen LogP contribution in [0.3, 0.4) is 0 Å². The number of nitrogens with one attached hydrogen (secondary N) is 1. The van der Waals surface area contributed by atoms with Crippen LogP contribution in [0.2, 0.25) is 0 Å². The van der Waals surface area contributed by atoms with Gasteiger partial charge in [0.15, 0.2) is 6.61 Å². The quantitative estimate of drug-likeness (QED) is 0.534. The third-order valence-corrected chi connectivity index (χ3v) is 3.33. The lowest BCUT2D eigenvalue weighted by atomic mass is 10.1. The Morgan fingerprint density at radius 1 is 1.36 bits per heavy atom. The van der Waals surface area contributed by atoms with Gasteiger partial charge in [-0.3, -0.25) is 4.79 Å². The molecule has 1 atom stereocenters. The fourth-order valence-electron chi connectivity index (χ4n) is 2.10. The van der Waals surface area contributed by atoms with Crippen molar-refractivity contribution >= 4 is 17.8 Å². The van der Waals surface area contributed by atoms with E-state index in [2.05, 4.69) is 21.9 Å². The Bertz CT molecular complexity index is 479. The number of carbonyl (C=O) groups is 2. The van der Waals surface area contributed by atoms with E-state index in [9.17, 15) is 9.59 Å². The highest BCUT2D eigenvalue weighted by atomic mass is 16.5. The summed E-state index contributed by atoms with van der Waals surface area (Å²) in [5.41, 5.74) is 5.89. The molecule has 1 amide bonds. The van der Waals surface area contributed by atoms with Crippen molar-refractivity contribution < 1.29 is 18.8 Å². The molecular weight excluding hydrogens is 286 g/mol. The van der Waals surface area contributed by atoms with Crippen molar-refractivity contribution in [2.75, 3.05) is 12.3 Å². The van der Waals surface area contributed by atoms with Crippen LogP contribution in [0.1, 0.15) is 62.0 Å². The standard InChI is InChI=1S/C15H25N3O4/c1-4-5-6-7-8-10(2)17-12(19)9-21-15(20)13-11(3)18-22-14(13)16/h10H,4-9,16H2,1-3H3,(H,17,19). The molecule has 0 saturated heterocycles. The Hall–Kier alpha value is -2.05. The third-order valence-electron chi connectivity index (χ3n) is 3.33. The second-order valence-electron chi connectivity index (χ2n) is 5.40. The zero-order chi connectivity index (χ0) is 16.5. The van der Waals surface area contributed by atoms with Gasteiger partial charge in [0.1, 0.15) is 5.56 Å². The largest absolute Gasteiger partial charge is 0.452 e. The number of rotatable bonds is 9. The lowest BCUT2D eigenvalue weighted by molar-refractivity contribution is -0.124. The fraction of sp³-hybridized carbons (Fsp3) is 0.667. The van der Waals surface area contributed by atoms with E-state index in [-0.39, 0.29) is 30.0 Å². The summed E-state index contributed by atoms with van der Waals surface area (Å²) in [6.07, 6.45) is 5.54. The van der Waals surface area contributed by atoms with Gasteiger partial charge < -0.3 is 20.3 Å². The van der Waals surface area contributed by atoms with Crippen molar-refractivity contribution in [3.63, 3.8) is 0 Å². The van der Waals surface area contributed by atoms with Gasteiger partial charge in [-0.05, 0) is 20.3 Å². The van der Waals surface area contributed by atoms with Crippen LogP contribution in [0, 0.1) is 6.92 Å². The first kappa shape index (κ1) is 18.0. The Labute approximate surface area is 130 Å². The molecule has 124 valence electrons. The van der Waals surface area contributed by atoms with E-state index in [1.165, 1.54) is 12.8 Å². The molecule has 0 aliphatic rings. The van der Waals surface area contributed by atoms with Gasteiger partial charge in [0.2, 0.25) is 5.88 Å². The van der Waals surface area contributed by atoms with E-state index in [1.807, 2.05) is 6.92 Å². The first-order chi connectivity index (χ1) is 10.5. The lowest BCUT2D eigenvalue weighted by Gasteiger charge is -2.13. The van der Waals surface area contributed by atoms with E-state index >= 15 is 0 Å². The number of amides is 1. The van der Waals surface area contributed by atoms with Crippen LogP contribution in [0.25, 0.3) is 0 Å². The summed E-state index contributed by atoms with van der Waals surface area (Å²) < 4.78 is 9.60. The molecule has 0 radical (unpaired) electrons. The lowest BCUT2D eigenvalue weighted by Crippen LogP contribution is -2.35. The molecule has 0 fully saturated rings. The summed E-state index contributed by atoms with van der Waals surface area (Å²) in [4.78, 5) is 23.5. The van der Waals surface area contributed by atoms with Crippen LogP contribution < -0.4 is 11.1 Å². The monoisotopic (exact) mass is 311 g/mol. The molecule has 1 aromatic rings. The number of nitrogens with two attached hydrogens (primary N) is 1. The average molecular weight is 311 g/mol. The Morgan fingerprint density at radius 2 is 2.09 bits per heavy atom. The number of nitrogen functional groups attached to an aromatic ring is 1. The van der Waals surface area contributed by atoms with Gasteiger partial charge in [-0.1, -0.05) is 37.8 Å². The van der Waals surface area contributed by atoms with Crippen LogP contribution in [0.4, 0.5) is 5.88 Å². The number of anilines is 1. The molecule has 0 spiro atoms. The molecule has 1 unspecified atom stereocenters. The van der Waals surface area contributed by atoms with Crippen LogP contribution in [0.15, 0.2) is 4.52 Å². The first-order valence-corrected chi connectivity index (χ1v) is 7.63. The molecule has 0 aliphatic carbocycles. The van der Waals surface area contributed by atoms with E-state index in [0.29, 0.717) is 5.69 Å². The highest BCUT2D eigenvalue weighted by Gasteiger charge is 2.21. The number of unbranched alkanes of at least 4 members (excludes halogenated alkanes) is 3. The van der Waals surface area contributed by atoms with Crippen LogP contribution >= 0.6 is 0 Å². The number of aromatic nitrogens is 1. The second-order valence-corrected chi connectivity index (χ2v) is 5.40. The van der Waals surface area contributed by atoms with E-state index in [0.717, 1.165) is 19.3 Å². The van der Waals surface area contributed by atoms with Gasteiger partial charge in [0.05, 0.1) is 5.69 Å². The van der Waals surface area contributed by atoms with E-state index < -0.39 is 5.97 Å². The molecule has 1 heterocycles. The maximum Gasteiger partial charge on any atom is 0.346 e.